The smallest absolute Gasteiger partial charge is 0.333 e. The number of esters is 1. The zero-order valence-corrected chi connectivity index (χ0v) is 19.5. The predicted octanol–water partition coefficient (Wildman–Crippen LogP) is 4.23. The van der Waals surface area contributed by atoms with Crippen LogP contribution in [0, 0.1) is 5.92 Å². The second-order valence-corrected chi connectivity index (χ2v) is 13.7. The van der Waals surface area contributed by atoms with Crippen LogP contribution in [-0.4, -0.2) is 50.9 Å². The molecule has 0 bridgehead atoms. The van der Waals surface area contributed by atoms with Crippen LogP contribution in [0.1, 0.15) is 48.5 Å². The van der Waals surface area contributed by atoms with Gasteiger partial charge in [-0.25, -0.2) is 4.79 Å². The minimum atomic E-state index is -1.99. The molecular formula is C21H38O5Si. The number of carbonyl (C=O) groups is 1. The van der Waals surface area contributed by atoms with Crippen molar-refractivity contribution in [3.8, 4) is 0 Å². The summed E-state index contributed by atoms with van der Waals surface area (Å²) in [6.07, 6.45) is 3.60. The van der Waals surface area contributed by atoms with E-state index in [0.717, 1.165) is 5.57 Å². The number of rotatable bonds is 9. The molecule has 1 N–H and O–H groups in total. The Morgan fingerprint density at radius 1 is 1.30 bits per heavy atom. The van der Waals surface area contributed by atoms with Gasteiger partial charge >= 0.3 is 5.97 Å². The summed E-state index contributed by atoms with van der Waals surface area (Å²) in [7, 11) is -1.99. The monoisotopic (exact) mass is 398 g/mol. The highest BCUT2D eigenvalue weighted by molar-refractivity contribution is 6.74. The molecule has 0 saturated carbocycles. The minimum absolute atomic E-state index is 0.0132. The molecule has 1 fully saturated rings. The summed E-state index contributed by atoms with van der Waals surface area (Å²) in [5.41, 5.74) is 1.56. The van der Waals surface area contributed by atoms with Gasteiger partial charge in [-0.2, -0.15) is 0 Å². The maximum absolute atomic E-state index is 11.8. The molecule has 0 amide bonds. The summed E-state index contributed by atoms with van der Waals surface area (Å²) in [6, 6.07) is 0. The summed E-state index contributed by atoms with van der Waals surface area (Å²) in [6.45, 7) is 19.1. The molecule has 1 saturated heterocycles. The number of ether oxygens (including phenoxy) is 2. The fourth-order valence-electron chi connectivity index (χ4n) is 2.79. The molecule has 0 radical (unpaired) electrons. The molecule has 1 aliphatic rings. The van der Waals surface area contributed by atoms with Crippen molar-refractivity contribution < 1.29 is 23.8 Å². The van der Waals surface area contributed by atoms with Gasteiger partial charge in [0.25, 0.3) is 0 Å². The van der Waals surface area contributed by atoms with Gasteiger partial charge in [-0.3, -0.25) is 0 Å². The molecule has 1 rings (SSSR count). The summed E-state index contributed by atoms with van der Waals surface area (Å²) in [4.78, 5) is 11.8. The number of aliphatic hydroxyl groups is 1. The summed E-state index contributed by atoms with van der Waals surface area (Å²) in [5.74, 6) is -0.204. The molecule has 156 valence electrons. The molecule has 0 spiro atoms. The maximum Gasteiger partial charge on any atom is 0.333 e. The van der Waals surface area contributed by atoms with Crippen molar-refractivity contribution in [3.63, 3.8) is 0 Å². The van der Waals surface area contributed by atoms with Gasteiger partial charge in [-0.15, -0.1) is 0 Å². The fraction of sp³-hybridized carbons (Fsp3) is 0.762. The van der Waals surface area contributed by atoms with Crippen molar-refractivity contribution >= 4 is 14.3 Å². The standard InChI is InChI=1S/C21H38O5Si/c1-10-24-20(23)16(4)12-14(2)11-15(3)18(19-17(13-22)25-19)26-27(8,9)21(5,6)7/h11-12,15,17-19,22H,10,13H2,1-9H3/b14-11+,16-12+/t15-,17+,18+,19-/m1/s1. The SMILES string of the molecule is CCOC(=O)/C(C)=C/C(C)=C/[C@@H](C)[C@H](O[Si](C)(C)C(C)(C)C)[C@@H]1O[C@H]1CO. The zero-order chi connectivity index (χ0) is 21.0. The van der Waals surface area contributed by atoms with Crippen LogP contribution in [0.5, 0.6) is 0 Å². The lowest BCUT2D eigenvalue weighted by molar-refractivity contribution is -0.138. The molecule has 1 aliphatic heterocycles. The highest BCUT2D eigenvalue weighted by Crippen LogP contribution is 2.41. The molecular weight excluding hydrogens is 360 g/mol. The third-order valence-corrected chi connectivity index (χ3v) is 9.92. The Hall–Kier alpha value is -0.953. The van der Waals surface area contributed by atoms with Gasteiger partial charge < -0.3 is 19.0 Å². The van der Waals surface area contributed by atoms with Gasteiger partial charge in [-0.1, -0.05) is 39.3 Å². The number of hydrogen-bond acceptors (Lipinski definition) is 5. The molecule has 0 aromatic heterocycles. The van der Waals surface area contributed by atoms with Crippen LogP contribution in [0.15, 0.2) is 23.3 Å². The number of allylic oxidation sites excluding steroid dienone is 2. The Balaban J connectivity index is 2.99. The Morgan fingerprint density at radius 3 is 2.33 bits per heavy atom. The van der Waals surface area contributed by atoms with E-state index in [1.807, 2.05) is 13.0 Å². The van der Waals surface area contributed by atoms with Gasteiger partial charge in [-0.05, 0) is 45.0 Å². The third-order valence-electron chi connectivity index (χ3n) is 5.45. The average molecular weight is 399 g/mol. The van der Waals surface area contributed by atoms with Gasteiger partial charge in [0.1, 0.15) is 12.2 Å². The van der Waals surface area contributed by atoms with Gasteiger partial charge in [0.15, 0.2) is 8.32 Å². The second-order valence-electron chi connectivity index (χ2n) is 8.98. The highest BCUT2D eigenvalue weighted by atomic mass is 28.4. The van der Waals surface area contributed by atoms with E-state index in [0.29, 0.717) is 12.2 Å². The van der Waals surface area contributed by atoms with E-state index in [4.69, 9.17) is 13.9 Å². The van der Waals surface area contributed by atoms with Gasteiger partial charge in [0.2, 0.25) is 0 Å². The van der Waals surface area contributed by atoms with Crippen molar-refractivity contribution in [2.75, 3.05) is 13.2 Å². The number of aliphatic hydroxyl groups excluding tert-OH is 1. The van der Waals surface area contributed by atoms with Crippen molar-refractivity contribution in [3.05, 3.63) is 23.3 Å². The Labute approximate surface area is 165 Å². The van der Waals surface area contributed by atoms with Crippen LogP contribution < -0.4 is 0 Å². The number of hydrogen-bond donors (Lipinski definition) is 1. The van der Waals surface area contributed by atoms with Crippen LogP contribution in [0.4, 0.5) is 0 Å². The van der Waals surface area contributed by atoms with E-state index in [1.165, 1.54) is 0 Å². The van der Waals surface area contributed by atoms with Crippen molar-refractivity contribution in [1.29, 1.82) is 0 Å². The first-order valence-electron chi connectivity index (χ1n) is 9.82. The molecule has 1 heterocycles. The fourth-order valence-corrected chi connectivity index (χ4v) is 4.17. The summed E-state index contributed by atoms with van der Waals surface area (Å²) in [5, 5.41) is 9.52. The molecule has 6 heteroatoms. The lowest BCUT2D eigenvalue weighted by Gasteiger charge is -2.40. The van der Waals surface area contributed by atoms with E-state index >= 15 is 0 Å². The van der Waals surface area contributed by atoms with Crippen molar-refractivity contribution in [2.24, 2.45) is 5.92 Å². The van der Waals surface area contributed by atoms with E-state index in [-0.39, 0.29) is 41.8 Å². The average Bonchev–Trinajstić information content (AvgIpc) is 3.30. The third kappa shape index (κ3) is 6.86. The topological polar surface area (TPSA) is 68.3 Å². The number of carbonyl (C=O) groups excluding carboxylic acids is 1. The Kier molecular flexibility index (Phi) is 8.47. The molecule has 5 nitrogen and oxygen atoms in total. The van der Waals surface area contributed by atoms with E-state index in [1.54, 1.807) is 13.8 Å². The normalized spacial score (nSPS) is 23.8. The van der Waals surface area contributed by atoms with E-state index < -0.39 is 8.32 Å². The first kappa shape index (κ1) is 24.1. The second kappa shape index (κ2) is 9.50. The largest absolute Gasteiger partial charge is 0.463 e. The molecule has 0 aliphatic carbocycles. The van der Waals surface area contributed by atoms with Gasteiger partial charge in [0.05, 0.1) is 19.3 Å². The lowest BCUT2D eigenvalue weighted by Crippen LogP contribution is -2.47. The lowest BCUT2D eigenvalue weighted by atomic mass is 9.97. The van der Waals surface area contributed by atoms with Crippen LogP contribution in [0.25, 0.3) is 0 Å². The molecule has 0 aromatic carbocycles. The molecule has 4 atom stereocenters. The number of epoxide rings is 1. The van der Waals surface area contributed by atoms with Crippen LogP contribution in [0.2, 0.25) is 18.1 Å². The van der Waals surface area contributed by atoms with Crippen LogP contribution in [-0.2, 0) is 18.7 Å². The predicted molar refractivity (Wildman–Crippen MR) is 111 cm³/mol. The molecule has 0 aromatic rings. The van der Waals surface area contributed by atoms with Gasteiger partial charge in [0, 0.05) is 11.5 Å². The van der Waals surface area contributed by atoms with Crippen LogP contribution >= 0.6 is 0 Å². The Morgan fingerprint density at radius 2 is 1.89 bits per heavy atom. The quantitative estimate of drug-likeness (QED) is 0.207. The van der Waals surface area contributed by atoms with E-state index in [2.05, 4.69) is 46.9 Å². The first-order valence-corrected chi connectivity index (χ1v) is 12.7. The molecule has 0 unspecified atom stereocenters. The van der Waals surface area contributed by atoms with Crippen LogP contribution in [0.3, 0.4) is 0 Å². The maximum atomic E-state index is 11.8. The zero-order valence-electron chi connectivity index (χ0n) is 18.5. The first-order chi connectivity index (χ1) is 12.3. The highest BCUT2D eigenvalue weighted by Gasteiger charge is 2.50. The van der Waals surface area contributed by atoms with E-state index in [9.17, 15) is 9.90 Å². The van der Waals surface area contributed by atoms with Crippen molar-refractivity contribution in [1.82, 2.24) is 0 Å². The summed E-state index contributed by atoms with van der Waals surface area (Å²) < 4.78 is 17.4. The summed E-state index contributed by atoms with van der Waals surface area (Å²) >= 11 is 0. The minimum Gasteiger partial charge on any atom is -0.463 e. The Bertz CT molecular complexity index is 574. The van der Waals surface area contributed by atoms with Crippen molar-refractivity contribution in [2.45, 2.75) is 84.9 Å². The molecule has 27 heavy (non-hydrogen) atoms.